The van der Waals surface area contributed by atoms with Gasteiger partial charge in [0.05, 0.1) is 34.7 Å². The number of amidine groups is 1. The minimum atomic E-state index is 0.492. The number of anilines is 2. The number of para-hydroxylation sites is 2. The van der Waals surface area contributed by atoms with Gasteiger partial charge in [-0.05, 0) is 70.3 Å². The summed E-state index contributed by atoms with van der Waals surface area (Å²) in [5.41, 5.74) is 24.5. The Morgan fingerprint density at radius 2 is 1.04 bits per heavy atom. The lowest BCUT2D eigenvalue weighted by atomic mass is 9.98. The van der Waals surface area contributed by atoms with Gasteiger partial charge in [-0.3, -0.25) is 4.99 Å². The molecule has 0 amide bonds. The van der Waals surface area contributed by atoms with Crippen LogP contribution in [0.25, 0.3) is 83.4 Å². The number of hydrogen-bond acceptors (Lipinski definition) is 3. The molecule has 0 spiro atoms. The topological polar surface area (TPSA) is 59.4 Å². The van der Waals surface area contributed by atoms with Crippen molar-refractivity contribution in [2.75, 3.05) is 17.7 Å². The zero-order chi connectivity index (χ0) is 45.1. The van der Waals surface area contributed by atoms with E-state index in [0.717, 1.165) is 94.9 Å². The van der Waals surface area contributed by atoms with E-state index < -0.39 is 0 Å². The lowest BCUT2D eigenvalue weighted by Crippen LogP contribution is -2.29. The monoisotopic (exact) mass is 861 g/mol. The SMILES string of the molecule is CN(/C(=N\Cc1cccc(-c2ccccc2)c1)c1ccccc1)c1c(-c2ccccc2N)ccc2c3ccccc3n(-c3ccc(-c4cc(-c5ccccc5)nc(-c5ccccc5)c4)cc3)c12. The van der Waals surface area contributed by atoms with Gasteiger partial charge in [-0.1, -0.05) is 200 Å². The maximum atomic E-state index is 6.88. The van der Waals surface area contributed by atoms with Gasteiger partial charge in [0.15, 0.2) is 0 Å². The Labute approximate surface area is 391 Å². The normalized spacial score (nSPS) is 11.6. The van der Waals surface area contributed by atoms with Crippen LogP contribution in [0.1, 0.15) is 11.1 Å². The fourth-order valence-corrected chi connectivity index (χ4v) is 9.35. The van der Waals surface area contributed by atoms with Gasteiger partial charge in [0, 0.05) is 57.0 Å². The van der Waals surface area contributed by atoms with E-state index >= 15 is 0 Å². The van der Waals surface area contributed by atoms with Crippen LogP contribution in [0.2, 0.25) is 0 Å². The van der Waals surface area contributed by atoms with E-state index in [4.69, 9.17) is 15.7 Å². The van der Waals surface area contributed by atoms with Gasteiger partial charge < -0.3 is 15.2 Å². The Morgan fingerprint density at radius 1 is 0.478 bits per heavy atom. The van der Waals surface area contributed by atoms with E-state index in [0.29, 0.717) is 12.2 Å². The number of fused-ring (bicyclic) bond motifs is 3. The fourth-order valence-electron chi connectivity index (χ4n) is 9.35. The summed E-state index contributed by atoms with van der Waals surface area (Å²) < 4.78 is 2.41. The molecule has 67 heavy (non-hydrogen) atoms. The van der Waals surface area contributed by atoms with Crippen molar-refractivity contribution in [3.8, 4) is 61.6 Å². The molecule has 0 unspecified atom stereocenters. The molecule has 0 aliphatic rings. The predicted molar refractivity (Wildman–Crippen MR) is 282 cm³/mol. The Balaban J connectivity index is 1.10. The highest BCUT2D eigenvalue weighted by molar-refractivity contribution is 6.21. The first-order chi connectivity index (χ1) is 33.1. The highest BCUT2D eigenvalue weighted by Gasteiger charge is 2.25. The molecule has 2 N–H and O–H groups in total. The van der Waals surface area contributed by atoms with Crippen LogP contribution in [-0.4, -0.2) is 22.4 Å². The maximum Gasteiger partial charge on any atom is 0.135 e. The summed E-state index contributed by atoms with van der Waals surface area (Å²) >= 11 is 0. The minimum Gasteiger partial charge on any atom is -0.398 e. The van der Waals surface area contributed by atoms with Crippen LogP contribution >= 0.6 is 0 Å². The van der Waals surface area contributed by atoms with Gasteiger partial charge in [-0.15, -0.1) is 0 Å². The van der Waals surface area contributed by atoms with Crippen LogP contribution < -0.4 is 10.6 Å². The average molecular weight is 862 g/mol. The summed E-state index contributed by atoms with van der Waals surface area (Å²) in [5, 5.41) is 2.30. The third kappa shape index (κ3) is 8.04. The van der Waals surface area contributed by atoms with Gasteiger partial charge >= 0.3 is 0 Å². The third-order valence-electron chi connectivity index (χ3n) is 12.6. The molecule has 320 valence electrons. The van der Waals surface area contributed by atoms with Crippen LogP contribution in [0.15, 0.2) is 248 Å². The van der Waals surface area contributed by atoms with Crippen LogP contribution in [0, 0.1) is 0 Å². The Hall–Kier alpha value is -8.80. The van der Waals surface area contributed by atoms with E-state index in [1.54, 1.807) is 0 Å². The number of benzene rings is 9. The number of hydrogen-bond donors (Lipinski definition) is 1. The van der Waals surface area contributed by atoms with Gasteiger partial charge in [0.25, 0.3) is 0 Å². The van der Waals surface area contributed by atoms with E-state index in [-0.39, 0.29) is 0 Å². The second-order valence-corrected chi connectivity index (χ2v) is 16.8. The molecule has 0 saturated heterocycles. The number of nitrogen functional groups attached to an aromatic ring is 1. The maximum absolute atomic E-state index is 6.88. The molecule has 0 aliphatic carbocycles. The molecule has 0 atom stereocenters. The van der Waals surface area contributed by atoms with Crippen molar-refractivity contribution >= 4 is 39.0 Å². The van der Waals surface area contributed by atoms with Crippen molar-refractivity contribution in [3.05, 3.63) is 254 Å². The lowest BCUT2D eigenvalue weighted by molar-refractivity contribution is 1.05. The number of pyridine rings is 1. The average Bonchev–Trinajstić information content (AvgIpc) is 3.74. The highest BCUT2D eigenvalue weighted by Crippen LogP contribution is 2.45. The van der Waals surface area contributed by atoms with Crippen LogP contribution in [0.3, 0.4) is 0 Å². The second-order valence-electron chi connectivity index (χ2n) is 16.8. The largest absolute Gasteiger partial charge is 0.398 e. The molecule has 2 heterocycles. The van der Waals surface area contributed by atoms with Crippen LogP contribution in [0.4, 0.5) is 11.4 Å². The standard InChI is InChI=1S/C62H47N5/c1-66(62(48-26-12-5-13-27-48)64-42-43-19-18-28-49(39-43)44-20-6-2-7-21-44)60-54(52-29-14-16-31-56(52)63)37-38-55-53-30-15-17-32-59(53)67(61(55)60)51-35-33-45(34-36-51)50-40-57(46-22-8-3-9-23-46)65-58(41-50)47-24-10-4-11-25-47/h2-41H,42,63H2,1H3/b64-62-. The third-order valence-corrected chi connectivity index (χ3v) is 12.6. The summed E-state index contributed by atoms with van der Waals surface area (Å²) in [5.74, 6) is 0.849. The quantitative estimate of drug-likeness (QED) is 0.0846. The van der Waals surface area contributed by atoms with E-state index in [9.17, 15) is 0 Å². The Kier molecular flexibility index (Phi) is 11.0. The van der Waals surface area contributed by atoms with Crippen LogP contribution in [-0.2, 0) is 6.54 Å². The number of rotatable bonds is 10. The zero-order valence-electron chi connectivity index (χ0n) is 37.2. The van der Waals surface area contributed by atoms with E-state index in [1.807, 2.05) is 24.3 Å². The summed E-state index contributed by atoms with van der Waals surface area (Å²) in [6.45, 7) is 0.492. The summed E-state index contributed by atoms with van der Waals surface area (Å²) in [6, 6.07) is 85.2. The van der Waals surface area contributed by atoms with Crippen molar-refractivity contribution in [2.24, 2.45) is 4.99 Å². The molecular weight excluding hydrogens is 815 g/mol. The number of aliphatic imine (C=N–C) groups is 1. The zero-order valence-corrected chi connectivity index (χ0v) is 37.2. The fraction of sp³-hybridized carbons (Fsp3) is 0.0323. The molecule has 11 aromatic rings. The van der Waals surface area contributed by atoms with Gasteiger partial charge in [0.1, 0.15) is 5.84 Å². The molecule has 0 fully saturated rings. The van der Waals surface area contributed by atoms with Gasteiger partial charge in [-0.2, -0.15) is 0 Å². The highest BCUT2D eigenvalue weighted by atomic mass is 15.2. The summed E-state index contributed by atoms with van der Waals surface area (Å²) in [7, 11) is 2.15. The van der Waals surface area contributed by atoms with E-state index in [2.05, 4.69) is 235 Å². The molecule has 0 saturated carbocycles. The summed E-state index contributed by atoms with van der Waals surface area (Å²) in [6.07, 6.45) is 0. The molecule has 9 aromatic carbocycles. The molecule has 5 heteroatoms. The first kappa shape index (κ1) is 40.9. The predicted octanol–water partition coefficient (Wildman–Crippen LogP) is 15.2. The van der Waals surface area contributed by atoms with Crippen molar-refractivity contribution in [1.82, 2.24) is 9.55 Å². The summed E-state index contributed by atoms with van der Waals surface area (Å²) in [4.78, 5) is 12.9. The van der Waals surface area contributed by atoms with E-state index in [1.165, 1.54) is 11.1 Å². The Morgan fingerprint density at radius 3 is 1.72 bits per heavy atom. The second kappa shape index (κ2) is 18.0. The van der Waals surface area contributed by atoms with Crippen molar-refractivity contribution < 1.29 is 0 Å². The minimum absolute atomic E-state index is 0.492. The van der Waals surface area contributed by atoms with Gasteiger partial charge in [0.2, 0.25) is 0 Å². The molecule has 5 nitrogen and oxygen atoms in total. The number of nitrogens with two attached hydrogens (primary N) is 1. The molecule has 11 rings (SSSR count). The Bertz CT molecular complexity index is 3490. The van der Waals surface area contributed by atoms with Crippen molar-refractivity contribution in [1.29, 1.82) is 0 Å². The molecule has 2 aromatic heterocycles. The lowest BCUT2D eigenvalue weighted by Gasteiger charge is -2.27. The first-order valence-corrected chi connectivity index (χ1v) is 22.7. The molecule has 0 bridgehead atoms. The molecule has 0 radical (unpaired) electrons. The van der Waals surface area contributed by atoms with Crippen molar-refractivity contribution in [2.45, 2.75) is 6.54 Å². The molecule has 0 aliphatic heterocycles. The first-order valence-electron chi connectivity index (χ1n) is 22.7. The smallest absolute Gasteiger partial charge is 0.135 e. The van der Waals surface area contributed by atoms with Crippen molar-refractivity contribution in [3.63, 3.8) is 0 Å². The number of aromatic nitrogens is 2. The molecular formula is C62H47N5. The van der Waals surface area contributed by atoms with Gasteiger partial charge in [-0.25, -0.2) is 4.98 Å². The van der Waals surface area contributed by atoms with Crippen LogP contribution in [0.5, 0.6) is 0 Å². The number of nitrogens with zero attached hydrogens (tertiary/aromatic N) is 4.